The SMILES string of the molecule is COc1cc(C(=O)N2CCC[C@@H](NC(=O)OC(C)(C)C)C2)cc2nc(-c3cc4cccnc4n3CC(C)(C)OC)n(C)c12. The summed E-state index contributed by atoms with van der Waals surface area (Å²) in [6.07, 6.45) is 2.86. The molecule has 5 rings (SSSR count). The van der Waals surface area contributed by atoms with E-state index in [1.165, 1.54) is 0 Å². The van der Waals surface area contributed by atoms with Crippen LogP contribution in [0.3, 0.4) is 0 Å². The lowest BCUT2D eigenvalue weighted by molar-refractivity contribution is 0.00931. The van der Waals surface area contributed by atoms with Gasteiger partial charge < -0.3 is 33.6 Å². The number of hydrogen-bond donors (Lipinski definition) is 1. The fourth-order valence-electron chi connectivity index (χ4n) is 5.63. The first-order chi connectivity index (χ1) is 20.3. The minimum atomic E-state index is -0.591. The predicted molar refractivity (Wildman–Crippen MR) is 165 cm³/mol. The number of piperidine rings is 1. The molecule has 0 unspecified atom stereocenters. The topological polar surface area (TPSA) is 113 Å². The summed E-state index contributed by atoms with van der Waals surface area (Å²) in [4.78, 5) is 37.6. The van der Waals surface area contributed by atoms with Crippen LogP contribution in [0.5, 0.6) is 5.75 Å². The Morgan fingerprint density at radius 2 is 1.88 bits per heavy atom. The monoisotopic (exact) mass is 590 g/mol. The minimum Gasteiger partial charge on any atom is -0.494 e. The van der Waals surface area contributed by atoms with Crippen molar-refractivity contribution in [2.75, 3.05) is 27.3 Å². The summed E-state index contributed by atoms with van der Waals surface area (Å²) in [5.74, 6) is 1.14. The molecule has 0 bridgehead atoms. The van der Waals surface area contributed by atoms with Crippen LogP contribution in [0.25, 0.3) is 33.6 Å². The van der Waals surface area contributed by atoms with Crippen LogP contribution >= 0.6 is 0 Å². The highest BCUT2D eigenvalue weighted by Gasteiger charge is 2.29. The van der Waals surface area contributed by atoms with E-state index in [1.807, 2.05) is 64.4 Å². The van der Waals surface area contributed by atoms with Crippen molar-refractivity contribution in [2.45, 2.75) is 71.2 Å². The van der Waals surface area contributed by atoms with E-state index < -0.39 is 17.3 Å². The van der Waals surface area contributed by atoms with E-state index in [9.17, 15) is 9.59 Å². The van der Waals surface area contributed by atoms with Crippen LogP contribution in [-0.2, 0) is 23.1 Å². The average Bonchev–Trinajstić information content (AvgIpc) is 3.48. The summed E-state index contributed by atoms with van der Waals surface area (Å²) in [6.45, 7) is 11.1. The number of rotatable bonds is 7. The van der Waals surface area contributed by atoms with Gasteiger partial charge in [-0.2, -0.15) is 0 Å². The second-order valence-corrected chi connectivity index (χ2v) is 12.8. The number of imidazole rings is 1. The molecule has 1 saturated heterocycles. The lowest BCUT2D eigenvalue weighted by Gasteiger charge is -2.33. The molecule has 1 aliphatic heterocycles. The molecule has 0 radical (unpaired) electrons. The summed E-state index contributed by atoms with van der Waals surface area (Å²) in [7, 11) is 5.25. The molecule has 1 N–H and O–H groups in total. The van der Waals surface area contributed by atoms with Crippen molar-refractivity contribution in [3.8, 4) is 17.3 Å². The third kappa shape index (κ3) is 6.31. The van der Waals surface area contributed by atoms with Crippen molar-refractivity contribution in [2.24, 2.45) is 7.05 Å². The molecular weight excluding hydrogens is 548 g/mol. The number of hydrogen-bond acceptors (Lipinski definition) is 7. The van der Waals surface area contributed by atoms with Crippen molar-refractivity contribution in [1.82, 2.24) is 29.3 Å². The summed E-state index contributed by atoms with van der Waals surface area (Å²) < 4.78 is 21.1. The van der Waals surface area contributed by atoms with Crippen LogP contribution < -0.4 is 10.1 Å². The molecule has 4 aromatic rings. The molecule has 0 saturated carbocycles. The molecule has 2 amide bonds. The number of likely N-dealkylation sites (tertiary alicyclic amines) is 1. The number of ether oxygens (including phenoxy) is 3. The smallest absolute Gasteiger partial charge is 0.407 e. The molecule has 11 nitrogen and oxygen atoms in total. The number of aryl methyl sites for hydroxylation is 1. The third-order valence-electron chi connectivity index (χ3n) is 7.81. The van der Waals surface area contributed by atoms with Crippen LogP contribution in [0.1, 0.15) is 57.8 Å². The Morgan fingerprint density at radius 1 is 1.12 bits per heavy atom. The van der Waals surface area contributed by atoms with E-state index in [0.29, 0.717) is 36.5 Å². The Kier molecular flexibility index (Phi) is 8.13. The van der Waals surface area contributed by atoms with Gasteiger partial charge in [0.1, 0.15) is 22.5 Å². The number of alkyl carbamates (subject to hydrolysis) is 1. The molecular formula is C32H42N6O5. The van der Waals surface area contributed by atoms with Gasteiger partial charge in [0.2, 0.25) is 0 Å². The second kappa shape index (κ2) is 11.5. The summed E-state index contributed by atoms with van der Waals surface area (Å²) in [5.41, 5.74) is 2.62. The Balaban J connectivity index is 1.49. The Morgan fingerprint density at radius 3 is 2.58 bits per heavy atom. The Labute approximate surface area is 252 Å². The van der Waals surface area contributed by atoms with Crippen molar-refractivity contribution in [1.29, 1.82) is 0 Å². The van der Waals surface area contributed by atoms with Gasteiger partial charge in [0.25, 0.3) is 5.91 Å². The van der Waals surface area contributed by atoms with Gasteiger partial charge in [-0.1, -0.05) is 0 Å². The minimum absolute atomic E-state index is 0.136. The molecule has 1 aromatic carbocycles. The highest BCUT2D eigenvalue weighted by molar-refractivity contribution is 6.00. The molecule has 43 heavy (non-hydrogen) atoms. The molecule has 1 atom stereocenters. The number of carbonyl (C=O) groups excluding carboxylic acids is 2. The van der Waals surface area contributed by atoms with Gasteiger partial charge in [-0.15, -0.1) is 0 Å². The maximum atomic E-state index is 13.8. The lowest BCUT2D eigenvalue weighted by atomic mass is 10.0. The van der Waals surface area contributed by atoms with Crippen LogP contribution in [0, 0.1) is 0 Å². The van der Waals surface area contributed by atoms with Gasteiger partial charge in [0.05, 0.1) is 30.5 Å². The molecule has 4 heterocycles. The van der Waals surface area contributed by atoms with Crippen molar-refractivity contribution in [3.63, 3.8) is 0 Å². The van der Waals surface area contributed by atoms with Crippen molar-refractivity contribution in [3.05, 3.63) is 42.1 Å². The van der Waals surface area contributed by atoms with E-state index in [4.69, 9.17) is 19.2 Å². The Bertz CT molecular complexity index is 1660. The number of aromatic nitrogens is 4. The fraction of sp³-hybridized carbons (Fsp3) is 0.500. The molecule has 1 fully saturated rings. The first kappa shape index (κ1) is 30.3. The summed E-state index contributed by atoms with van der Waals surface area (Å²) >= 11 is 0. The van der Waals surface area contributed by atoms with Crippen LogP contribution in [-0.4, -0.2) is 80.6 Å². The van der Waals surface area contributed by atoms with Crippen LogP contribution in [0.2, 0.25) is 0 Å². The molecule has 1 aliphatic rings. The number of nitrogens with zero attached hydrogens (tertiary/aromatic N) is 5. The first-order valence-electron chi connectivity index (χ1n) is 14.6. The number of fused-ring (bicyclic) bond motifs is 2. The standard InChI is InChI=1S/C32H42N6O5/c1-31(2,3)43-30(40)34-22-12-10-14-37(18-22)29(39)21-15-23-26(25(17-21)41-7)36(6)28(35-23)24-16-20-11-9-13-33-27(20)38(24)19-32(4,5)42-8/h9,11,13,15-17,22H,10,12,14,18-19H2,1-8H3,(H,34,40)/t22-/m1/s1. The maximum Gasteiger partial charge on any atom is 0.407 e. The Hall–Kier alpha value is -4.12. The molecule has 230 valence electrons. The first-order valence-corrected chi connectivity index (χ1v) is 14.6. The molecule has 0 aliphatic carbocycles. The lowest BCUT2D eigenvalue weighted by Crippen LogP contribution is -2.50. The second-order valence-electron chi connectivity index (χ2n) is 12.8. The van der Waals surface area contributed by atoms with E-state index >= 15 is 0 Å². The van der Waals surface area contributed by atoms with Gasteiger partial charge in [0.15, 0.2) is 5.82 Å². The number of nitrogens with one attached hydrogen (secondary N) is 1. The highest BCUT2D eigenvalue weighted by Crippen LogP contribution is 2.35. The van der Waals surface area contributed by atoms with E-state index in [1.54, 1.807) is 31.4 Å². The normalized spacial score (nSPS) is 16.1. The zero-order valence-corrected chi connectivity index (χ0v) is 26.4. The maximum absolute atomic E-state index is 13.8. The number of carbonyl (C=O) groups is 2. The van der Waals surface area contributed by atoms with Crippen LogP contribution in [0.15, 0.2) is 36.5 Å². The largest absolute Gasteiger partial charge is 0.494 e. The fourth-order valence-corrected chi connectivity index (χ4v) is 5.63. The van der Waals surface area contributed by atoms with Gasteiger partial charge in [0, 0.05) is 50.4 Å². The van der Waals surface area contributed by atoms with Crippen molar-refractivity contribution < 1.29 is 23.8 Å². The van der Waals surface area contributed by atoms with E-state index in [2.05, 4.69) is 20.9 Å². The number of pyridine rings is 1. The number of benzene rings is 1. The highest BCUT2D eigenvalue weighted by atomic mass is 16.6. The molecule has 0 spiro atoms. The summed E-state index contributed by atoms with van der Waals surface area (Å²) in [6, 6.07) is 9.43. The van der Waals surface area contributed by atoms with E-state index in [-0.39, 0.29) is 11.9 Å². The van der Waals surface area contributed by atoms with Gasteiger partial charge in [-0.3, -0.25) is 4.79 Å². The quantitative estimate of drug-likeness (QED) is 0.317. The molecule has 3 aromatic heterocycles. The van der Waals surface area contributed by atoms with Crippen molar-refractivity contribution >= 4 is 34.1 Å². The van der Waals surface area contributed by atoms with E-state index in [0.717, 1.165) is 40.9 Å². The average molecular weight is 591 g/mol. The number of amides is 2. The third-order valence-corrected chi connectivity index (χ3v) is 7.81. The van der Waals surface area contributed by atoms with Gasteiger partial charge in [-0.25, -0.2) is 14.8 Å². The van der Waals surface area contributed by atoms with Gasteiger partial charge >= 0.3 is 6.09 Å². The summed E-state index contributed by atoms with van der Waals surface area (Å²) in [5, 5.41) is 3.92. The molecule has 11 heteroatoms. The van der Waals surface area contributed by atoms with Gasteiger partial charge in [-0.05, 0) is 77.8 Å². The van der Waals surface area contributed by atoms with Crippen LogP contribution in [0.4, 0.5) is 4.79 Å². The zero-order chi connectivity index (χ0) is 31.1. The predicted octanol–water partition coefficient (Wildman–Crippen LogP) is 5.15. The number of methoxy groups -OCH3 is 2. The zero-order valence-electron chi connectivity index (χ0n) is 26.4.